The maximum absolute atomic E-state index is 12.6. The van der Waals surface area contributed by atoms with Gasteiger partial charge in [0.1, 0.15) is 5.82 Å². The zero-order valence-corrected chi connectivity index (χ0v) is 10.3. The van der Waals surface area contributed by atoms with Gasteiger partial charge in [0.2, 0.25) is 5.82 Å². The Morgan fingerprint density at radius 3 is 2.67 bits per heavy atom. The standard InChI is InChI=1S/C10H12ClF3N4/c1-7(4-11)5-17-2-3-18-8(6-17)15-16-9(18)10(12,13)14/h1-6H2. The van der Waals surface area contributed by atoms with E-state index in [0.29, 0.717) is 31.3 Å². The van der Waals surface area contributed by atoms with Crippen LogP contribution in [0.3, 0.4) is 0 Å². The van der Waals surface area contributed by atoms with Crippen molar-refractivity contribution >= 4 is 11.6 Å². The van der Waals surface area contributed by atoms with Crippen LogP contribution in [0.5, 0.6) is 0 Å². The van der Waals surface area contributed by atoms with Crippen molar-refractivity contribution in [1.29, 1.82) is 0 Å². The average molecular weight is 281 g/mol. The first-order valence-corrected chi connectivity index (χ1v) is 5.89. The summed E-state index contributed by atoms with van der Waals surface area (Å²) in [5.41, 5.74) is 0.834. The molecule has 0 amide bonds. The van der Waals surface area contributed by atoms with Crippen LogP contribution in [0, 0.1) is 0 Å². The van der Waals surface area contributed by atoms with Crippen LogP contribution in [0.15, 0.2) is 12.2 Å². The third-order valence-corrected chi connectivity index (χ3v) is 3.10. The zero-order valence-electron chi connectivity index (χ0n) is 9.54. The Bertz CT molecular complexity index is 454. The molecule has 1 aliphatic heterocycles. The Hall–Kier alpha value is -1.08. The van der Waals surface area contributed by atoms with Crippen molar-refractivity contribution in [3.63, 3.8) is 0 Å². The second-order valence-corrected chi connectivity index (χ2v) is 4.45. The van der Waals surface area contributed by atoms with E-state index in [2.05, 4.69) is 16.8 Å². The monoisotopic (exact) mass is 280 g/mol. The number of hydrogen-bond donors (Lipinski definition) is 0. The lowest BCUT2D eigenvalue weighted by atomic mass is 10.2. The predicted molar refractivity (Wildman–Crippen MR) is 60.2 cm³/mol. The van der Waals surface area contributed by atoms with Gasteiger partial charge in [0.05, 0.1) is 6.54 Å². The van der Waals surface area contributed by atoms with Crippen LogP contribution < -0.4 is 0 Å². The van der Waals surface area contributed by atoms with E-state index in [1.54, 1.807) is 0 Å². The number of halogens is 4. The van der Waals surface area contributed by atoms with Crippen LogP contribution in [-0.2, 0) is 19.3 Å². The van der Waals surface area contributed by atoms with E-state index in [-0.39, 0.29) is 6.54 Å². The number of fused-ring (bicyclic) bond motifs is 1. The summed E-state index contributed by atoms with van der Waals surface area (Å²) in [6.07, 6.45) is -4.45. The van der Waals surface area contributed by atoms with Gasteiger partial charge in [0.15, 0.2) is 0 Å². The molecule has 4 nitrogen and oxygen atoms in total. The highest BCUT2D eigenvalue weighted by atomic mass is 35.5. The molecule has 2 heterocycles. The number of rotatable bonds is 3. The SMILES string of the molecule is C=C(CCl)CN1CCn2c(nnc2C(F)(F)F)C1. The lowest BCUT2D eigenvalue weighted by molar-refractivity contribution is -0.148. The molecule has 0 saturated heterocycles. The summed E-state index contributed by atoms with van der Waals surface area (Å²) in [5.74, 6) is -0.249. The van der Waals surface area contributed by atoms with Gasteiger partial charge < -0.3 is 4.57 Å². The number of hydrogen-bond acceptors (Lipinski definition) is 3. The van der Waals surface area contributed by atoms with Crippen molar-refractivity contribution < 1.29 is 13.2 Å². The van der Waals surface area contributed by atoms with Crippen molar-refractivity contribution in [2.75, 3.05) is 19.0 Å². The molecule has 8 heteroatoms. The normalized spacial score (nSPS) is 16.7. The fourth-order valence-corrected chi connectivity index (χ4v) is 2.00. The quantitative estimate of drug-likeness (QED) is 0.626. The van der Waals surface area contributed by atoms with Crippen LogP contribution in [0.25, 0.3) is 0 Å². The Kier molecular flexibility index (Phi) is 3.63. The first-order valence-electron chi connectivity index (χ1n) is 5.36. The van der Waals surface area contributed by atoms with Crippen LogP contribution in [0.4, 0.5) is 13.2 Å². The Labute approximate surface area is 107 Å². The lowest BCUT2D eigenvalue weighted by Gasteiger charge is -2.28. The minimum atomic E-state index is -4.45. The lowest BCUT2D eigenvalue weighted by Crippen LogP contribution is -2.36. The zero-order chi connectivity index (χ0) is 13.3. The molecule has 0 unspecified atom stereocenters. The van der Waals surface area contributed by atoms with Crippen molar-refractivity contribution in [1.82, 2.24) is 19.7 Å². The number of nitrogens with zero attached hydrogens (tertiary/aromatic N) is 4. The second-order valence-electron chi connectivity index (χ2n) is 4.18. The molecule has 0 spiro atoms. The number of aromatic nitrogens is 3. The molecule has 1 aromatic rings. The maximum atomic E-state index is 12.6. The van der Waals surface area contributed by atoms with Crippen LogP contribution >= 0.6 is 11.6 Å². The highest BCUT2D eigenvalue weighted by molar-refractivity contribution is 6.19. The molecule has 0 bridgehead atoms. The van der Waals surface area contributed by atoms with E-state index in [1.165, 1.54) is 0 Å². The molecule has 100 valence electrons. The fourth-order valence-electron chi connectivity index (χ4n) is 1.91. The minimum Gasteiger partial charge on any atom is -0.305 e. The van der Waals surface area contributed by atoms with E-state index in [9.17, 15) is 13.2 Å². The summed E-state index contributed by atoms with van der Waals surface area (Å²) in [6.45, 7) is 5.40. The molecule has 1 aromatic heterocycles. The van der Waals surface area contributed by atoms with Gasteiger partial charge >= 0.3 is 6.18 Å². The van der Waals surface area contributed by atoms with E-state index < -0.39 is 12.0 Å². The average Bonchev–Trinajstić information content (AvgIpc) is 2.71. The third kappa shape index (κ3) is 2.67. The van der Waals surface area contributed by atoms with Crippen LogP contribution in [0.2, 0.25) is 0 Å². The molecule has 0 radical (unpaired) electrons. The minimum absolute atomic E-state index is 0.229. The highest BCUT2D eigenvalue weighted by Gasteiger charge is 2.39. The van der Waals surface area contributed by atoms with Gasteiger partial charge in [-0.1, -0.05) is 6.58 Å². The van der Waals surface area contributed by atoms with Gasteiger partial charge in [-0.05, 0) is 5.57 Å². The summed E-state index contributed by atoms with van der Waals surface area (Å²) in [6, 6.07) is 0. The third-order valence-electron chi connectivity index (χ3n) is 2.72. The molecule has 0 fully saturated rings. The Morgan fingerprint density at radius 2 is 2.06 bits per heavy atom. The Morgan fingerprint density at radius 1 is 1.33 bits per heavy atom. The van der Waals surface area contributed by atoms with Crippen molar-refractivity contribution in [3.8, 4) is 0 Å². The van der Waals surface area contributed by atoms with E-state index >= 15 is 0 Å². The van der Waals surface area contributed by atoms with Crippen LogP contribution in [0.1, 0.15) is 11.6 Å². The van der Waals surface area contributed by atoms with Crippen molar-refractivity contribution in [3.05, 3.63) is 23.8 Å². The molecular weight excluding hydrogens is 269 g/mol. The molecule has 0 aromatic carbocycles. The molecule has 0 saturated carbocycles. The molecule has 18 heavy (non-hydrogen) atoms. The first-order chi connectivity index (χ1) is 8.41. The second kappa shape index (κ2) is 4.89. The molecule has 2 rings (SSSR count). The molecular formula is C10H12ClF3N4. The van der Waals surface area contributed by atoms with E-state index in [0.717, 1.165) is 10.1 Å². The van der Waals surface area contributed by atoms with Crippen LogP contribution in [-0.4, -0.2) is 38.6 Å². The van der Waals surface area contributed by atoms with Gasteiger partial charge in [-0.3, -0.25) is 4.90 Å². The van der Waals surface area contributed by atoms with Crippen molar-refractivity contribution in [2.45, 2.75) is 19.3 Å². The van der Waals surface area contributed by atoms with Gasteiger partial charge in [0, 0.05) is 25.5 Å². The highest BCUT2D eigenvalue weighted by Crippen LogP contribution is 2.29. The van der Waals surface area contributed by atoms with Gasteiger partial charge in [-0.25, -0.2) is 0 Å². The number of alkyl halides is 4. The summed E-state index contributed by atoms with van der Waals surface area (Å²) < 4.78 is 38.9. The molecule has 0 atom stereocenters. The Balaban J connectivity index is 2.12. The topological polar surface area (TPSA) is 34.0 Å². The summed E-state index contributed by atoms with van der Waals surface area (Å²) in [4.78, 5) is 1.95. The van der Waals surface area contributed by atoms with Gasteiger partial charge in [0.25, 0.3) is 0 Å². The van der Waals surface area contributed by atoms with Gasteiger partial charge in [-0.2, -0.15) is 13.2 Å². The molecule has 0 N–H and O–H groups in total. The van der Waals surface area contributed by atoms with E-state index in [4.69, 9.17) is 11.6 Å². The smallest absolute Gasteiger partial charge is 0.305 e. The fraction of sp³-hybridized carbons (Fsp3) is 0.600. The van der Waals surface area contributed by atoms with Gasteiger partial charge in [-0.15, -0.1) is 21.8 Å². The van der Waals surface area contributed by atoms with Crippen molar-refractivity contribution in [2.24, 2.45) is 0 Å². The maximum Gasteiger partial charge on any atom is 0.451 e. The predicted octanol–water partition coefficient (Wildman–Crippen LogP) is 1.91. The summed E-state index contributed by atoms with van der Waals surface area (Å²) in [7, 11) is 0. The molecule has 0 aliphatic carbocycles. The largest absolute Gasteiger partial charge is 0.451 e. The summed E-state index contributed by atoms with van der Waals surface area (Å²) in [5, 5.41) is 6.81. The summed E-state index contributed by atoms with van der Waals surface area (Å²) >= 11 is 5.63. The first kappa shape index (κ1) is 13.4. The van der Waals surface area contributed by atoms with E-state index in [1.807, 2.05) is 4.90 Å². The molecule has 1 aliphatic rings.